The molecule has 2 rings (SSSR count). The van der Waals surface area contributed by atoms with Gasteiger partial charge in [-0.05, 0) is 42.8 Å². The zero-order valence-electron chi connectivity index (χ0n) is 12.9. The molecule has 0 heterocycles. The number of amides is 1. The van der Waals surface area contributed by atoms with Crippen LogP contribution in [0.3, 0.4) is 0 Å². The standard InChI is InChI=1S/C17H17F3N2O/c1-3-22(2)16-7-4-11(8-15(16)20)10-21-17(23)13-9-12(18)5-6-14(13)19/h4-9H,3,10H2,1-2H3,(H,21,23). The van der Waals surface area contributed by atoms with Crippen LogP contribution in [0.1, 0.15) is 22.8 Å². The van der Waals surface area contributed by atoms with Crippen LogP contribution in [0.5, 0.6) is 0 Å². The Morgan fingerprint density at radius 1 is 1.09 bits per heavy atom. The van der Waals surface area contributed by atoms with Crippen molar-refractivity contribution < 1.29 is 18.0 Å². The fraction of sp³-hybridized carbons (Fsp3) is 0.235. The highest BCUT2D eigenvalue weighted by atomic mass is 19.1. The summed E-state index contributed by atoms with van der Waals surface area (Å²) in [6, 6.07) is 7.24. The Kier molecular flexibility index (Phi) is 5.26. The number of benzene rings is 2. The lowest BCUT2D eigenvalue weighted by molar-refractivity contribution is 0.0946. The minimum atomic E-state index is -0.810. The molecule has 1 amide bonds. The zero-order valence-corrected chi connectivity index (χ0v) is 12.9. The van der Waals surface area contributed by atoms with E-state index in [0.717, 1.165) is 18.2 Å². The summed E-state index contributed by atoms with van der Waals surface area (Å²) in [7, 11) is 1.77. The molecular formula is C17H17F3N2O. The monoisotopic (exact) mass is 322 g/mol. The molecule has 122 valence electrons. The molecule has 1 N–H and O–H groups in total. The van der Waals surface area contributed by atoms with Gasteiger partial charge in [-0.3, -0.25) is 4.79 Å². The van der Waals surface area contributed by atoms with Crippen molar-refractivity contribution in [3.8, 4) is 0 Å². The van der Waals surface area contributed by atoms with E-state index in [1.54, 1.807) is 24.1 Å². The molecule has 0 aliphatic rings. The van der Waals surface area contributed by atoms with Gasteiger partial charge in [0.25, 0.3) is 5.91 Å². The van der Waals surface area contributed by atoms with Crippen LogP contribution in [0, 0.1) is 17.5 Å². The highest BCUT2D eigenvalue weighted by molar-refractivity contribution is 5.94. The Morgan fingerprint density at radius 3 is 2.48 bits per heavy atom. The summed E-state index contributed by atoms with van der Waals surface area (Å²) >= 11 is 0. The first kappa shape index (κ1) is 16.9. The minimum absolute atomic E-state index is 0.0157. The van der Waals surface area contributed by atoms with Crippen LogP contribution in [0.25, 0.3) is 0 Å². The second kappa shape index (κ2) is 7.17. The van der Waals surface area contributed by atoms with Gasteiger partial charge in [0.05, 0.1) is 11.3 Å². The Bertz CT molecular complexity index is 719. The quantitative estimate of drug-likeness (QED) is 0.914. The van der Waals surface area contributed by atoms with Crippen LogP contribution in [0.4, 0.5) is 18.9 Å². The maximum Gasteiger partial charge on any atom is 0.254 e. The molecule has 0 unspecified atom stereocenters. The molecular weight excluding hydrogens is 305 g/mol. The first-order valence-corrected chi connectivity index (χ1v) is 7.15. The molecule has 0 aliphatic heterocycles. The number of anilines is 1. The van der Waals surface area contributed by atoms with Crippen LogP contribution in [0.2, 0.25) is 0 Å². The zero-order chi connectivity index (χ0) is 17.0. The maximum absolute atomic E-state index is 14.0. The van der Waals surface area contributed by atoms with Crippen LogP contribution in [-0.4, -0.2) is 19.5 Å². The first-order chi connectivity index (χ1) is 10.9. The Balaban J connectivity index is 2.07. The number of rotatable bonds is 5. The molecule has 0 saturated carbocycles. The van der Waals surface area contributed by atoms with Crippen LogP contribution in [0.15, 0.2) is 36.4 Å². The van der Waals surface area contributed by atoms with Crippen molar-refractivity contribution in [3.63, 3.8) is 0 Å². The van der Waals surface area contributed by atoms with E-state index in [2.05, 4.69) is 5.32 Å². The molecule has 2 aromatic rings. The molecule has 3 nitrogen and oxygen atoms in total. The van der Waals surface area contributed by atoms with Crippen molar-refractivity contribution >= 4 is 11.6 Å². The van der Waals surface area contributed by atoms with E-state index in [1.807, 2.05) is 6.92 Å². The molecule has 6 heteroatoms. The third-order valence-electron chi connectivity index (χ3n) is 3.52. The number of carbonyl (C=O) groups is 1. The second-order valence-electron chi connectivity index (χ2n) is 5.11. The maximum atomic E-state index is 14.0. The second-order valence-corrected chi connectivity index (χ2v) is 5.11. The first-order valence-electron chi connectivity index (χ1n) is 7.15. The van der Waals surface area contributed by atoms with Gasteiger partial charge in [-0.15, -0.1) is 0 Å². The molecule has 0 radical (unpaired) electrons. The number of halogens is 3. The summed E-state index contributed by atoms with van der Waals surface area (Å²) in [4.78, 5) is 13.6. The molecule has 0 spiro atoms. The van der Waals surface area contributed by atoms with Gasteiger partial charge < -0.3 is 10.2 Å². The largest absolute Gasteiger partial charge is 0.373 e. The number of nitrogens with one attached hydrogen (secondary N) is 1. The molecule has 0 aromatic heterocycles. The predicted octanol–water partition coefficient (Wildman–Crippen LogP) is 3.49. The van der Waals surface area contributed by atoms with Gasteiger partial charge in [0.2, 0.25) is 0 Å². The van der Waals surface area contributed by atoms with Crippen molar-refractivity contribution in [2.45, 2.75) is 13.5 Å². The fourth-order valence-electron chi connectivity index (χ4n) is 2.09. The number of hydrogen-bond acceptors (Lipinski definition) is 2. The van der Waals surface area contributed by atoms with Crippen molar-refractivity contribution in [1.29, 1.82) is 0 Å². The summed E-state index contributed by atoms with van der Waals surface area (Å²) in [5, 5.41) is 2.45. The van der Waals surface area contributed by atoms with E-state index >= 15 is 0 Å². The third-order valence-corrected chi connectivity index (χ3v) is 3.52. The number of carbonyl (C=O) groups excluding carboxylic acids is 1. The summed E-state index contributed by atoms with van der Waals surface area (Å²) in [5.41, 5.74) is 0.604. The molecule has 0 saturated heterocycles. The van der Waals surface area contributed by atoms with Crippen molar-refractivity contribution in [1.82, 2.24) is 5.32 Å². The lowest BCUT2D eigenvalue weighted by Crippen LogP contribution is -2.24. The van der Waals surface area contributed by atoms with Crippen molar-refractivity contribution in [3.05, 3.63) is 65.0 Å². The van der Waals surface area contributed by atoms with Gasteiger partial charge in [0.1, 0.15) is 17.5 Å². The lowest BCUT2D eigenvalue weighted by Gasteiger charge is -2.18. The summed E-state index contributed by atoms with van der Waals surface area (Å²) in [5.74, 6) is -2.67. The highest BCUT2D eigenvalue weighted by Crippen LogP contribution is 2.19. The molecule has 0 aliphatic carbocycles. The summed E-state index contributed by atoms with van der Waals surface area (Å²) in [6.07, 6.45) is 0. The van der Waals surface area contributed by atoms with Crippen molar-refractivity contribution in [2.75, 3.05) is 18.5 Å². The predicted molar refractivity (Wildman–Crippen MR) is 82.9 cm³/mol. The average molecular weight is 322 g/mol. The van der Waals surface area contributed by atoms with Crippen LogP contribution in [-0.2, 0) is 6.54 Å². The van der Waals surface area contributed by atoms with E-state index in [-0.39, 0.29) is 12.1 Å². The molecule has 0 fully saturated rings. The Labute approximate surface area is 132 Å². The smallest absolute Gasteiger partial charge is 0.254 e. The topological polar surface area (TPSA) is 32.3 Å². The number of nitrogens with zero attached hydrogens (tertiary/aromatic N) is 1. The summed E-state index contributed by atoms with van der Waals surface area (Å²) in [6.45, 7) is 2.58. The summed E-state index contributed by atoms with van der Waals surface area (Å²) < 4.78 is 40.6. The van der Waals surface area contributed by atoms with Gasteiger partial charge in [-0.25, -0.2) is 13.2 Å². The van der Waals surface area contributed by atoms with E-state index in [1.165, 1.54) is 6.07 Å². The number of hydrogen-bond donors (Lipinski definition) is 1. The minimum Gasteiger partial charge on any atom is -0.373 e. The average Bonchev–Trinajstić information content (AvgIpc) is 2.54. The normalized spacial score (nSPS) is 10.5. The van der Waals surface area contributed by atoms with E-state index in [9.17, 15) is 18.0 Å². The molecule has 0 atom stereocenters. The molecule has 0 bridgehead atoms. The van der Waals surface area contributed by atoms with Gasteiger partial charge in [0, 0.05) is 20.1 Å². The lowest BCUT2D eigenvalue weighted by atomic mass is 10.1. The Morgan fingerprint density at radius 2 is 1.83 bits per heavy atom. The molecule has 23 heavy (non-hydrogen) atoms. The van der Waals surface area contributed by atoms with E-state index in [4.69, 9.17) is 0 Å². The third kappa shape index (κ3) is 4.03. The molecule has 2 aromatic carbocycles. The SMILES string of the molecule is CCN(C)c1ccc(CNC(=O)c2cc(F)ccc2F)cc1F. The van der Waals surface area contributed by atoms with Gasteiger partial charge in [0.15, 0.2) is 0 Å². The van der Waals surface area contributed by atoms with Crippen LogP contribution >= 0.6 is 0 Å². The van der Waals surface area contributed by atoms with Gasteiger partial charge >= 0.3 is 0 Å². The fourth-order valence-corrected chi connectivity index (χ4v) is 2.09. The van der Waals surface area contributed by atoms with Crippen LogP contribution < -0.4 is 10.2 Å². The van der Waals surface area contributed by atoms with E-state index in [0.29, 0.717) is 17.8 Å². The van der Waals surface area contributed by atoms with E-state index < -0.39 is 23.4 Å². The van der Waals surface area contributed by atoms with Crippen molar-refractivity contribution in [2.24, 2.45) is 0 Å². The Hall–Kier alpha value is -2.50. The van der Waals surface area contributed by atoms with Gasteiger partial charge in [-0.1, -0.05) is 6.07 Å². The highest BCUT2D eigenvalue weighted by Gasteiger charge is 2.13. The van der Waals surface area contributed by atoms with Gasteiger partial charge in [-0.2, -0.15) is 0 Å².